The minimum Gasteiger partial charge on any atom is -0.362 e. The van der Waals surface area contributed by atoms with Gasteiger partial charge in [0, 0.05) is 12.0 Å². The Morgan fingerprint density at radius 1 is 1.00 bits per heavy atom. The molecule has 0 fully saturated rings. The number of carbonyl (C=O) groups excluding carboxylic acids is 2. The highest BCUT2D eigenvalue weighted by Crippen LogP contribution is 2.15. The van der Waals surface area contributed by atoms with Crippen LogP contribution in [-0.4, -0.2) is 24.3 Å². The molecule has 1 rings (SSSR count). The third kappa shape index (κ3) is 6.99. The zero-order valence-corrected chi connectivity index (χ0v) is 14.2. The second-order valence-electron chi connectivity index (χ2n) is 6.62. The fourth-order valence-electron chi connectivity index (χ4n) is 2.20. The first-order chi connectivity index (χ1) is 10.4. The molecule has 0 saturated heterocycles. The average molecular weight is 304 g/mol. The first-order valence-corrected chi connectivity index (χ1v) is 8.12. The lowest BCUT2D eigenvalue weighted by Crippen LogP contribution is -2.28. The number of ketones is 2. The van der Waals surface area contributed by atoms with Crippen LogP contribution in [0.1, 0.15) is 57.3 Å². The predicted molar refractivity (Wildman–Crippen MR) is 89.0 cm³/mol. The highest BCUT2D eigenvalue weighted by molar-refractivity contribution is 5.97. The Balaban J connectivity index is 2.57. The molecule has 1 aromatic rings. The fourth-order valence-corrected chi connectivity index (χ4v) is 2.20. The molecule has 122 valence electrons. The zero-order valence-electron chi connectivity index (χ0n) is 14.2. The summed E-state index contributed by atoms with van der Waals surface area (Å²) >= 11 is 0. The first kappa shape index (κ1) is 18.6. The molecule has 1 atom stereocenters. The summed E-state index contributed by atoms with van der Waals surface area (Å²) in [6, 6.07) is 9.06. The van der Waals surface area contributed by atoms with Crippen molar-refractivity contribution in [1.29, 1.82) is 0 Å². The Morgan fingerprint density at radius 3 is 2.18 bits per heavy atom. The van der Waals surface area contributed by atoms with Gasteiger partial charge in [-0.25, -0.2) is 0 Å². The van der Waals surface area contributed by atoms with E-state index < -0.39 is 6.10 Å². The molecule has 0 unspecified atom stereocenters. The monoisotopic (exact) mass is 304 g/mol. The van der Waals surface area contributed by atoms with E-state index in [0.29, 0.717) is 30.2 Å². The molecular weight excluding hydrogens is 276 g/mol. The summed E-state index contributed by atoms with van der Waals surface area (Å²) in [6.07, 6.45) is 1.59. The van der Waals surface area contributed by atoms with Crippen molar-refractivity contribution in [1.82, 2.24) is 0 Å². The van der Waals surface area contributed by atoms with Gasteiger partial charge < -0.3 is 4.74 Å². The summed E-state index contributed by atoms with van der Waals surface area (Å²) in [5.41, 5.74) is 0.625. The minimum absolute atomic E-state index is 0.0329. The molecule has 0 aliphatic carbocycles. The lowest BCUT2D eigenvalue weighted by Gasteiger charge is -2.19. The minimum atomic E-state index is -0.466. The molecule has 0 aliphatic heterocycles. The molecule has 0 saturated carbocycles. The highest BCUT2D eigenvalue weighted by Gasteiger charge is 2.21. The van der Waals surface area contributed by atoms with Crippen molar-refractivity contribution in [3.05, 3.63) is 35.9 Å². The topological polar surface area (TPSA) is 43.4 Å². The van der Waals surface area contributed by atoms with Crippen molar-refractivity contribution in [2.75, 3.05) is 6.61 Å². The van der Waals surface area contributed by atoms with E-state index in [-0.39, 0.29) is 18.2 Å². The summed E-state index contributed by atoms with van der Waals surface area (Å²) in [7, 11) is 0. The van der Waals surface area contributed by atoms with Crippen LogP contribution >= 0.6 is 0 Å². The average Bonchev–Trinajstić information content (AvgIpc) is 2.49. The first-order valence-electron chi connectivity index (χ1n) is 8.12. The third-order valence-corrected chi connectivity index (χ3v) is 3.52. The van der Waals surface area contributed by atoms with Crippen LogP contribution in [-0.2, 0) is 9.53 Å². The van der Waals surface area contributed by atoms with Gasteiger partial charge in [-0.1, -0.05) is 58.0 Å². The van der Waals surface area contributed by atoms with Gasteiger partial charge in [0.1, 0.15) is 12.7 Å². The molecule has 0 aromatic heterocycles. The summed E-state index contributed by atoms with van der Waals surface area (Å²) in [6.45, 7) is 8.29. The van der Waals surface area contributed by atoms with Crippen LogP contribution < -0.4 is 0 Å². The summed E-state index contributed by atoms with van der Waals surface area (Å²) in [5.74, 6) is 0.892. The number of carbonyl (C=O) groups is 2. The lowest BCUT2D eigenvalue weighted by atomic mass is 9.97. The molecule has 0 spiro atoms. The van der Waals surface area contributed by atoms with Gasteiger partial charge in [0.2, 0.25) is 0 Å². The Labute approximate surface area is 134 Å². The second-order valence-corrected chi connectivity index (χ2v) is 6.62. The maximum Gasteiger partial charge on any atom is 0.188 e. The molecule has 3 heteroatoms. The second kappa shape index (κ2) is 9.52. The largest absolute Gasteiger partial charge is 0.362 e. The van der Waals surface area contributed by atoms with Crippen LogP contribution in [0.3, 0.4) is 0 Å². The lowest BCUT2D eigenvalue weighted by molar-refractivity contribution is -0.131. The molecule has 22 heavy (non-hydrogen) atoms. The maximum atomic E-state index is 12.3. The number of hydrogen-bond donors (Lipinski definition) is 0. The summed E-state index contributed by atoms with van der Waals surface area (Å²) in [4.78, 5) is 24.4. The summed E-state index contributed by atoms with van der Waals surface area (Å²) < 4.78 is 5.66. The number of hydrogen-bond acceptors (Lipinski definition) is 3. The molecule has 0 radical (unpaired) electrons. The third-order valence-electron chi connectivity index (χ3n) is 3.52. The predicted octanol–water partition coefficient (Wildman–Crippen LogP) is 4.31. The van der Waals surface area contributed by atoms with E-state index in [1.165, 1.54) is 0 Å². The van der Waals surface area contributed by atoms with E-state index in [1.54, 1.807) is 12.1 Å². The Morgan fingerprint density at radius 2 is 1.64 bits per heavy atom. The Hall–Kier alpha value is -1.48. The molecular formula is C19H28O3. The highest BCUT2D eigenvalue weighted by atomic mass is 16.5. The number of rotatable bonds is 10. The van der Waals surface area contributed by atoms with Gasteiger partial charge in [-0.15, -0.1) is 0 Å². The van der Waals surface area contributed by atoms with Gasteiger partial charge in [0.15, 0.2) is 11.6 Å². The molecule has 0 bridgehead atoms. The smallest absolute Gasteiger partial charge is 0.188 e. The molecule has 0 aliphatic rings. The Kier molecular flexibility index (Phi) is 8.03. The van der Waals surface area contributed by atoms with E-state index >= 15 is 0 Å². The molecule has 1 aromatic carbocycles. The number of benzene rings is 1. The van der Waals surface area contributed by atoms with Crippen molar-refractivity contribution in [3.8, 4) is 0 Å². The van der Waals surface area contributed by atoms with Crippen molar-refractivity contribution in [2.45, 2.75) is 53.1 Å². The molecule has 0 heterocycles. The summed E-state index contributed by atoms with van der Waals surface area (Å²) in [5, 5.41) is 0. The van der Waals surface area contributed by atoms with Gasteiger partial charge in [-0.05, 0) is 24.7 Å². The van der Waals surface area contributed by atoms with Gasteiger partial charge in [-0.3, -0.25) is 9.59 Å². The Bertz CT molecular complexity index is 463. The van der Waals surface area contributed by atoms with Crippen LogP contribution in [0.4, 0.5) is 0 Å². The zero-order chi connectivity index (χ0) is 16.5. The number of Topliss-reactive ketones (excluding diaryl/α,β-unsaturated/α-hetero) is 2. The molecule has 0 amide bonds. The normalized spacial score (nSPS) is 12.6. The van der Waals surface area contributed by atoms with E-state index in [4.69, 9.17) is 4.74 Å². The molecule has 0 N–H and O–H groups in total. The van der Waals surface area contributed by atoms with Crippen molar-refractivity contribution >= 4 is 11.6 Å². The SMILES string of the molecule is CC(C)CCC(=O)[C@@H](CC(C)C)OCC(=O)c1ccccc1. The fraction of sp³-hybridized carbons (Fsp3) is 0.579. The maximum absolute atomic E-state index is 12.3. The quantitative estimate of drug-likeness (QED) is 0.605. The van der Waals surface area contributed by atoms with Crippen LogP contribution in [0.15, 0.2) is 30.3 Å². The van der Waals surface area contributed by atoms with Crippen LogP contribution in [0.5, 0.6) is 0 Å². The van der Waals surface area contributed by atoms with Gasteiger partial charge in [-0.2, -0.15) is 0 Å². The van der Waals surface area contributed by atoms with Gasteiger partial charge >= 0.3 is 0 Å². The van der Waals surface area contributed by atoms with E-state index in [9.17, 15) is 9.59 Å². The standard InChI is InChI=1S/C19H28O3/c1-14(2)10-11-17(20)19(12-15(3)4)22-13-18(21)16-8-6-5-7-9-16/h5-9,14-15,19H,10-13H2,1-4H3/t19-/m1/s1. The van der Waals surface area contributed by atoms with Crippen molar-refractivity contribution in [3.63, 3.8) is 0 Å². The van der Waals surface area contributed by atoms with Crippen LogP contribution in [0.2, 0.25) is 0 Å². The van der Waals surface area contributed by atoms with Crippen molar-refractivity contribution in [2.24, 2.45) is 11.8 Å². The number of ether oxygens (including phenoxy) is 1. The molecule has 3 nitrogen and oxygen atoms in total. The van der Waals surface area contributed by atoms with Crippen LogP contribution in [0, 0.1) is 11.8 Å². The van der Waals surface area contributed by atoms with E-state index in [0.717, 1.165) is 6.42 Å². The van der Waals surface area contributed by atoms with Gasteiger partial charge in [0.05, 0.1) is 0 Å². The van der Waals surface area contributed by atoms with E-state index in [2.05, 4.69) is 27.7 Å². The van der Waals surface area contributed by atoms with E-state index in [1.807, 2.05) is 18.2 Å². The van der Waals surface area contributed by atoms with Crippen molar-refractivity contribution < 1.29 is 14.3 Å². The van der Waals surface area contributed by atoms with Gasteiger partial charge in [0.25, 0.3) is 0 Å². The van der Waals surface area contributed by atoms with Crippen LogP contribution in [0.25, 0.3) is 0 Å².